The van der Waals surface area contributed by atoms with Crippen molar-refractivity contribution in [3.05, 3.63) is 35.9 Å². The summed E-state index contributed by atoms with van der Waals surface area (Å²) >= 11 is 0. The first-order valence-electron chi connectivity index (χ1n) is 6.89. The Hall–Kier alpha value is -2.12. The fourth-order valence-corrected chi connectivity index (χ4v) is 2.43. The Morgan fingerprint density at radius 1 is 1.41 bits per heavy atom. The molecule has 0 spiro atoms. The fourth-order valence-electron chi connectivity index (χ4n) is 2.43. The summed E-state index contributed by atoms with van der Waals surface area (Å²) in [4.78, 5) is 23.7. The van der Waals surface area contributed by atoms with Crippen LogP contribution in [0.3, 0.4) is 0 Å². The zero-order valence-corrected chi connectivity index (χ0v) is 12.2. The number of rotatable bonds is 6. The quantitative estimate of drug-likeness (QED) is 0.648. The first-order valence-corrected chi connectivity index (χ1v) is 6.89. The van der Waals surface area contributed by atoms with Crippen LogP contribution in [0.5, 0.6) is 0 Å². The number of benzene rings is 1. The van der Waals surface area contributed by atoms with E-state index in [1.165, 1.54) is 7.11 Å². The number of amides is 1. The van der Waals surface area contributed by atoms with Crippen molar-refractivity contribution < 1.29 is 29.3 Å². The third kappa shape index (κ3) is 3.37. The number of hydrogen-bond acceptors (Lipinski definition) is 6. The van der Waals surface area contributed by atoms with E-state index in [1.54, 1.807) is 12.1 Å². The number of hydrogen-bond donors (Lipinski definition) is 3. The van der Waals surface area contributed by atoms with Gasteiger partial charge in [-0.3, -0.25) is 0 Å². The maximum atomic E-state index is 11.9. The van der Waals surface area contributed by atoms with Crippen LogP contribution in [0, 0.1) is 5.92 Å². The molecule has 0 aromatic heterocycles. The highest BCUT2D eigenvalue weighted by Gasteiger charge is 2.65. The summed E-state index contributed by atoms with van der Waals surface area (Å²) in [5, 5.41) is 21.1. The van der Waals surface area contributed by atoms with Crippen LogP contribution in [0.2, 0.25) is 0 Å². The molecule has 1 aromatic rings. The van der Waals surface area contributed by atoms with Crippen LogP contribution in [-0.2, 0) is 20.9 Å². The standard InChI is InChI=1S/C15H19NO6/c1-21-13(19)15(7-11(15)12(18)8-17)16-14(20)22-9-10-5-3-2-4-6-10/h2-6,11-12,17-18H,7-9H2,1H3,(H,16,20)/t11-,12+,15-/m0/s1. The van der Waals surface area contributed by atoms with Gasteiger partial charge in [0.2, 0.25) is 0 Å². The number of alkyl carbamates (subject to hydrolysis) is 1. The zero-order chi connectivity index (χ0) is 16.2. The predicted molar refractivity (Wildman–Crippen MR) is 75.7 cm³/mol. The number of aliphatic hydroxyl groups excluding tert-OH is 2. The molecule has 1 aromatic carbocycles. The molecule has 0 radical (unpaired) electrons. The third-order valence-corrected chi connectivity index (χ3v) is 3.75. The molecule has 0 aliphatic heterocycles. The van der Waals surface area contributed by atoms with Gasteiger partial charge in [-0.2, -0.15) is 0 Å². The topological polar surface area (TPSA) is 105 Å². The van der Waals surface area contributed by atoms with E-state index >= 15 is 0 Å². The molecular weight excluding hydrogens is 290 g/mol. The molecule has 7 heteroatoms. The van der Waals surface area contributed by atoms with Crippen LogP contribution < -0.4 is 5.32 Å². The summed E-state index contributed by atoms with van der Waals surface area (Å²) < 4.78 is 9.72. The number of aliphatic hydroxyl groups is 2. The van der Waals surface area contributed by atoms with Crippen LogP contribution in [0.25, 0.3) is 0 Å². The average molecular weight is 309 g/mol. The lowest BCUT2D eigenvalue weighted by molar-refractivity contribution is -0.145. The Morgan fingerprint density at radius 2 is 2.09 bits per heavy atom. The number of esters is 1. The molecule has 1 fully saturated rings. The van der Waals surface area contributed by atoms with E-state index in [1.807, 2.05) is 18.2 Å². The van der Waals surface area contributed by atoms with Gasteiger partial charge in [-0.05, 0) is 12.0 Å². The number of nitrogens with one attached hydrogen (secondary N) is 1. The van der Waals surface area contributed by atoms with Crippen molar-refractivity contribution in [1.29, 1.82) is 0 Å². The Balaban J connectivity index is 1.94. The fraction of sp³-hybridized carbons (Fsp3) is 0.467. The van der Waals surface area contributed by atoms with Gasteiger partial charge in [0.1, 0.15) is 12.1 Å². The van der Waals surface area contributed by atoms with Crippen LogP contribution in [0.1, 0.15) is 12.0 Å². The molecule has 1 aliphatic rings. The summed E-state index contributed by atoms with van der Waals surface area (Å²) in [7, 11) is 1.20. The van der Waals surface area contributed by atoms with Crippen LogP contribution >= 0.6 is 0 Å². The van der Waals surface area contributed by atoms with Crippen LogP contribution in [0.4, 0.5) is 4.79 Å². The molecule has 22 heavy (non-hydrogen) atoms. The minimum absolute atomic E-state index is 0.0666. The molecule has 1 amide bonds. The van der Waals surface area contributed by atoms with E-state index in [0.717, 1.165) is 5.56 Å². The Morgan fingerprint density at radius 3 is 2.68 bits per heavy atom. The van der Waals surface area contributed by atoms with Crippen LogP contribution in [-0.4, -0.2) is 47.6 Å². The molecule has 0 unspecified atom stereocenters. The largest absolute Gasteiger partial charge is 0.467 e. The molecule has 1 saturated carbocycles. The monoisotopic (exact) mass is 309 g/mol. The van der Waals surface area contributed by atoms with Gasteiger partial charge in [0.15, 0.2) is 0 Å². The highest BCUT2D eigenvalue weighted by atomic mass is 16.6. The highest BCUT2D eigenvalue weighted by molar-refractivity contribution is 5.89. The van der Waals surface area contributed by atoms with E-state index in [0.29, 0.717) is 0 Å². The second-order valence-corrected chi connectivity index (χ2v) is 5.21. The van der Waals surface area contributed by atoms with Gasteiger partial charge >= 0.3 is 12.1 Å². The minimum Gasteiger partial charge on any atom is -0.467 e. The lowest BCUT2D eigenvalue weighted by Crippen LogP contribution is -2.47. The Labute approximate surface area is 127 Å². The molecule has 0 heterocycles. The van der Waals surface area contributed by atoms with Crippen molar-refractivity contribution in [3.8, 4) is 0 Å². The van der Waals surface area contributed by atoms with Gasteiger partial charge in [0.05, 0.1) is 19.8 Å². The molecule has 2 rings (SSSR count). The summed E-state index contributed by atoms with van der Waals surface area (Å²) in [6, 6.07) is 9.10. The van der Waals surface area contributed by atoms with Gasteiger partial charge in [-0.25, -0.2) is 9.59 Å². The van der Waals surface area contributed by atoms with Crippen molar-refractivity contribution >= 4 is 12.1 Å². The molecule has 120 valence electrons. The predicted octanol–water partition coefficient (Wildman–Crippen LogP) is 0.198. The summed E-state index contributed by atoms with van der Waals surface area (Å²) in [6.07, 6.45) is -1.68. The summed E-state index contributed by atoms with van der Waals surface area (Å²) in [6.45, 7) is -0.429. The average Bonchev–Trinajstić information content (AvgIpc) is 3.27. The van der Waals surface area contributed by atoms with Crippen LogP contribution in [0.15, 0.2) is 30.3 Å². The SMILES string of the molecule is COC(=O)[C@]1(NC(=O)OCc2ccccc2)C[C@H]1[C@H](O)CO. The first-order chi connectivity index (χ1) is 10.5. The molecular formula is C15H19NO6. The van der Waals surface area contributed by atoms with Gasteiger partial charge in [-0.1, -0.05) is 30.3 Å². The smallest absolute Gasteiger partial charge is 0.408 e. The lowest BCUT2D eigenvalue weighted by atomic mass is 10.1. The minimum atomic E-state index is -1.33. The second-order valence-electron chi connectivity index (χ2n) is 5.21. The van der Waals surface area contributed by atoms with Crippen molar-refractivity contribution in [2.45, 2.75) is 24.7 Å². The molecule has 3 atom stereocenters. The first kappa shape index (κ1) is 16.3. The maximum Gasteiger partial charge on any atom is 0.408 e. The molecule has 0 bridgehead atoms. The number of ether oxygens (including phenoxy) is 2. The van der Waals surface area contributed by atoms with Gasteiger partial charge < -0.3 is 25.0 Å². The van der Waals surface area contributed by atoms with Gasteiger partial charge in [0.25, 0.3) is 0 Å². The van der Waals surface area contributed by atoms with Crippen molar-refractivity contribution in [2.24, 2.45) is 5.92 Å². The number of carbonyl (C=O) groups is 2. The number of carbonyl (C=O) groups excluding carboxylic acids is 2. The normalized spacial score (nSPS) is 24.2. The van der Waals surface area contributed by atoms with E-state index < -0.39 is 36.2 Å². The lowest BCUT2D eigenvalue weighted by Gasteiger charge is -2.18. The van der Waals surface area contributed by atoms with E-state index in [-0.39, 0.29) is 13.0 Å². The van der Waals surface area contributed by atoms with Gasteiger partial charge in [0, 0.05) is 5.92 Å². The molecule has 7 nitrogen and oxygen atoms in total. The summed E-state index contributed by atoms with van der Waals surface area (Å²) in [5.74, 6) is -1.25. The Kier molecular flexibility index (Phi) is 4.99. The van der Waals surface area contributed by atoms with E-state index in [2.05, 4.69) is 10.1 Å². The second kappa shape index (κ2) is 6.76. The summed E-state index contributed by atoms with van der Waals surface area (Å²) in [5.41, 5.74) is -0.516. The highest BCUT2D eigenvalue weighted by Crippen LogP contribution is 2.46. The van der Waals surface area contributed by atoms with Crippen molar-refractivity contribution in [3.63, 3.8) is 0 Å². The zero-order valence-electron chi connectivity index (χ0n) is 12.2. The maximum absolute atomic E-state index is 11.9. The van der Waals surface area contributed by atoms with Crippen molar-refractivity contribution in [2.75, 3.05) is 13.7 Å². The van der Waals surface area contributed by atoms with E-state index in [4.69, 9.17) is 9.84 Å². The number of methoxy groups -OCH3 is 1. The Bertz CT molecular complexity index is 534. The molecule has 1 aliphatic carbocycles. The third-order valence-electron chi connectivity index (χ3n) is 3.75. The molecule has 0 saturated heterocycles. The van der Waals surface area contributed by atoms with Gasteiger partial charge in [-0.15, -0.1) is 0 Å². The van der Waals surface area contributed by atoms with E-state index in [9.17, 15) is 14.7 Å². The molecule has 3 N–H and O–H groups in total. The van der Waals surface area contributed by atoms with Crippen molar-refractivity contribution in [1.82, 2.24) is 5.32 Å².